The zero-order chi connectivity index (χ0) is 16.4. The molecule has 2 N–H and O–H groups in total. The number of nitrogens with zero attached hydrogens (tertiary/aromatic N) is 2. The van der Waals surface area contributed by atoms with Crippen molar-refractivity contribution in [2.75, 3.05) is 12.9 Å². The van der Waals surface area contributed by atoms with Gasteiger partial charge in [0.15, 0.2) is 0 Å². The summed E-state index contributed by atoms with van der Waals surface area (Å²) in [4.78, 5) is 3.79. The summed E-state index contributed by atoms with van der Waals surface area (Å²) < 4.78 is 53.8. The van der Waals surface area contributed by atoms with E-state index in [0.717, 1.165) is 18.4 Å². The lowest BCUT2D eigenvalue weighted by Gasteiger charge is -2.27. The minimum atomic E-state index is -3.87. The Kier molecular flexibility index (Phi) is 4.54. The van der Waals surface area contributed by atoms with Crippen LogP contribution in [0.3, 0.4) is 0 Å². The smallest absolute Gasteiger partial charge is 0.264 e. The summed E-state index contributed by atoms with van der Waals surface area (Å²) in [5, 5.41) is 16.7. The number of aliphatic hydroxyl groups is 1. The number of aromatic amines is 1. The summed E-state index contributed by atoms with van der Waals surface area (Å²) >= 11 is 0. The van der Waals surface area contributed by atoms with E-state index in [1.165, 1.54) is 6.33 Å². The van der Waals surface area contributed by atoms with Gasteiger partial charge in [0, 0.05) is 18.1 Å². The van der Waals surface area contributed by atoms with E-state index in [4.69, 9.17) is 0 Å². The zero-order valence-corrected chi connectivity index (χ0v) is 12.3. The predicted octanol–water partition coefficient (Wildman–Crippen LogP) is 0.489. The fourth-order valence-electron chi connectivity index (χ4n) is 1.89. The molecule has 10 heteroatoms. The molecular formula is C12H13F2N3O4S. The summed E-state index contributed by atoms with van der Waals surface area (Å²) in [6.07, 6.45) is 1.67. The normalized spacial score (nSPS) is 14.7. The number of rotatable bonds is 6. The van der Waals surface area contributed by atoms with Crippen molar-refractivity contribution >= 4 is 10.1 Å². The third-order valence-corrected chi connectivity index (χ3v) is 3.42. The maximum atomic E-state index is 13.9. The van der Waals surface area contributed by atoms with E-state index in [0.29, 0.717) is 6.07 Å². The molecule has 0 spiro atoms. The van der Waals surface area contributed by atoms with Gasteiger partial charge in [-0.2, -0.15) is 13.5 Å². The van der Waals surface area contributed by atoms with Crippen LogP contribution in [0.1, 0.15) is 11.4 Å². The number of benzene rings is 1. The molecule has 0 fully saturated rings. The number of hydrogen-bond acceptors (Lipinski definition) is 6. The number of aromatic nitrogens is 3. The molecule has 0 radical (unpaired) electrons. The van der Waals surface area contributed by atoms with Crippen molar-refractivity contribution in [2.24, 2.45) is 0 Å². The molecule has 0 aliphatic heterocycles. The first-order valence-electron chi connectivity index (χ1n) is 6.06. The molecule has 1 atom stereocenters. The Balaban J connectivity index is 2.39. The van der Waals surface area contributed by atoms with Gasteiger partial charge in [-0.3, -0.25) is 9.28 Å². The Hall–Kier alpha value is -1.91. The van der Waals surface area contributed by atoms with Crippen LogP contribution < -0.4 is 0 Å². The maximum absolute atomic E-state index is 13.9. The molecule has 1 aromatic heterocycles. The molecule has 0 saturated carbocycles. The Morgan fingerprint density at radius 1 is 1.41 bits per heavy atom. The van der Waals surface area contributed by atoms with E-state index < -0.39 is 34.0 Å². The van der Waals surface area contributed by atoms with Gasteiger partial charge in [-0.05, 0) is 6.07 Å². The second-order valence-electron chi connectivity index (χ2n) is 4.73. The number of nitrogens with one attached hydrogen (secondary N) is 1. The van der Waals surface area contributed by atoms with Gasteiger partial charge < -0.3 is 5.11 Å². The van der Waals surface area contributed by atoms with Gasteiger partial charge in [0.2, 0.25) is 0 Å². The molecule has 0 bridgehead atoms. The van der Waals surface area contributed by atoms with Gasteiger partial charge in [-0.15, -0.1) is 0 Å². The molecule has 0 aliphatic carbocycles. The van der Waals surface area contributed by atoms with Crippen LogP contribution in [0.2, 0.25) is 0 Å². The van der Waals surface area contributed by atoms with Crippen molar-refractivity contribution in [3.05, 3.63) is 47.5 Å². The maximum Gasteiger partial charge on any atom is 0.264 e. The van der Waals surface area contributed by atoms with Crippen LogP contribution in [0.25, 0.3) is 0 Å². The van der Waals surface area contributed by atoms with Crippen molar-refractivity contribution in [1.82, 2.24) is 15.2 Å². The molecule has 2 aromatic rings. The van der Waals surface area contributed by atoms with E-state index in [1.807, 2.05) is 0 Å². The minimum absolute atomic E-state index is 0.184. The molecule has 2 rings (SSSR count). The van der Waals surface area contributed by atoms with Crippen molar-refractivity contribution in [3.8, 4) is 0 Å². The Labute approximate surface area is 125 Å². The highest BCUT2D eigenvalue weighted by molar-refractivity contribution is 7.85. The largest absolute Gasteiger partial charge is 0.382 e. The molecule has 1 heterocycles. The van der Waals surface area contributed by atoms with E-state index in [1.54, 1.807) is 0 Å². The quantitative estimate of drug-likeness (QED) is 0.746. The fourth-order valence-corrected chi connectivity index (χ4v) is 2.30. The summed E-state index contributed by atoms with van der Waals surface area (Å²) in [5.41, 5.74) is -2.38. The molecule has 0 unspecified atom stereocenters. The molecular weight excluding hydrogens is 320 g/mol. The summed E-state index contributed by atoms with van der Waals surface area (Å²) in [5.74, 6) is -1.67. The van der Waals surface area contributed by atoms with Crippen LogP contribution in [0.5, 0.6) is 0 Å². The van der Waals surface area contributed by atoms with Crippen LogP contribution in [-0.4, -0.2) is 41.6 Å². The first-order chi connectivity index (χ1) is 10.2. The third kappa shape index (κ3) is 4.06. The second-order valence-corrected chi connectivity index (χ2v) is 6.37. The lowest BCUT2D eigenvalue weighted by molar-refractivity contribution is -0.0116. The molecule has 0 aliphatic rings. The summed E-state index contributed by atoms with van der Waals surface area (Å²) in [7, 11) is -3.87. The second kappa shape index (κ2) is 6.07. The van der Waals surface area contributed by atoms with E-state index in [2.05, 4.69) is 19.4 Å². The van der Waals surface area contributed by atoms with Crippen LogP contribution in [-0.2, 0) is 26.3 Å². The lowest BCUT2D eigenvalue weighted by atomic mass is 9.90. The van der Waals surface area contributed by atoms with E-state index in [-0.39, 0.29) is 17.8 Å². The zero-order valence-electron chi connectivity index (χ0n) is 11.5. The SMILES string of the molecule is CS(=O)(=O)OC[C@](O)(Cc1ncn[nH]1)c1ccc(F)cc1F. The number of H-pyrrole nitrogens is 1. The Morgan fingerprint density at radius 3 is 2.68 bits per heavy atom. The average Bonchev–Trinajstić information content (AvgIpc) is 2.88. The summed E-state index contributed by atoms with van der Waals surface area (Å²) in [6, 6.07) is 2.55. The Bertz CT molecular complexity index is 752. The van der Waals surface area contributed by atoms with Gasteiger partial charge >= 0.3 is 0 Å². The monoisotopic (exact) mass is 333 g/mol. The molecule has 7 nitrogen and oxygen atoms in total. The van der Waals surface area contributed by atoms with Crippen molar-refractivity contribution in [2.45, 2.75) is 12.0 Å². The van der Waals surface area contributed by atoms with Crippen LogP contribution in [0, 0.1) is 11.6 Å². The van der Waals surface area contributed by atoms with E-state index >= 15 is 0 Å². The Morgan fingerprint density at radius 2 is 2.14 bits per heavy atom. The van der Waals surface area contributed by atoms with Gasteiger partial charge in [-0.1, -0.05) is 6.07 Å². The lowest BCUT2D eigenvalue weighted by Crippen LogP contribution is -2.36. The van der Waals surface area contributed by atoms with E-state index in [9.17, 15) is 22.3 Å². The molecule has 0 amide bonds. The average molecular weight is 333 g/mol. The first kappa shape index (κ1) is 16.5. The topological polar surface area (TPSA) is 105 Å². The predicted molar refractivity (Wildman–Crippen MR) is 71.1 cm³/mol. The van der Waals surface area contributed by atoms with Crippen LogP contribution >= 0.6 is 0 Å². The number of halogens is 2. The van der Waals surface area contributed by atoms with Gasteiger partial charge in [0.1, 0.15) is 29.4 Å². The highest BCUT2D eigenvalue weighted by Gasteiger charge is 2.35. The van der Waals surface area contributed by atoms with Gasteiger partial charge in [0.05, 0.1) is 12.9 Å². The molecule has 1 aromatic carbocycles. The van der Waals surface area contributed by atoms with Gasteiger partial charge in [-0.25, -0.2) is 13.8 Å². The first-order valence-corrected chi connectivity index (χ1v) is 7.88. The number of hydrogen-bond donors (Lipinski definition) is 2. The molecule has 120 valence electrons. The molecule has 0 saturated heterocycles. The highest BCUT2D eigenvalue weighted by Crippen LogP contribution is 2.28. The minimum Gasteiger partial charge on any atom is -0.382 e. The van der Waals surface area contributed by atoms with Crippen molar-refractivity contribution < 1.29 is 26.5 Å². The highest BCUT2D eigenvalue weighted by atomic mass is 32.2. The third-order valence-electron chi connectivity index (χ3n) is 2.87. The fraction of sp³-hybridized carbons (Fsp3) is 0.333. The van der Waals surface area contributed by atoms with Crippen molar-refractivity contribution in [1.29, 1.82) is 0 Å². The van der Waals surface area contributed by atoms with Gasteiger partial charge in [0.25, 0.3) is 10.1 Å². The van der Waals surface area contributed by atoms with Crippen LogP contribution in [0.15, 0.2) is 24.5 Å². The van der Waals surface area contributed by atoms with Crippen molar-refractivity contribution in [3.63, 3.8) is 0 Å². The molecule has 22 heavy (non-hydrogen) atoms. The standard InChI is InChI=1S/C12H13F2N3O4S/c1-22(19,20)21-6-12(18,5-11-15-7-16-17-11)9-3-2-8(13)4-10(9)14/h2-4,7,18H,5-6H2,1H3,(H,15,16,17)/t12-/m1/s1. The summed E-state index contributed by atoms with van der Waals surface area (Å²) in [6.45, 7) is -0.755. The van der Waals surface area contributed by atoms with Crippen LogP contribution in [0.4, 0.5) is 8.78 Å².